The molecule has 1 aromatic carbocycles. The number of benzene rings is 1. The third-order valence-corrected chi connectivity index (χ3v) is 4.86. The van der Waals surface area contributed by atoms with Crippen LogP contribution >= 0.6 is 0 Å². The second kappa shape index (κ2) is 9.06. The minimum absolute atomic E-state index is 0.0489. The van der Waals surface area contributed by atoms with Crippen molar-refractivity contribution in [1.29, 1.82) is 0 Å². The highest BCUT2D eigenvalue weighted by Gasteiger charge is 2.31. The molecular formula is C20H25F3N4O2. The van der Waals surface area contributed by atoms with Gasteiger partial charge in [0.05, 0.1) is 5.56 Å². The van der Waals surface area contributed by atoms with Crippen molar-refractivity contribution >= 4 is 0 Å². The first-order valence-corrected chi connectivity index (χ1v) is 9.44. The van der Waals surface area contributed by atoms with Crippen molar-refractivity contribution in [3.05, 3.63) is 42.0 Å². The summed E-state index contributed by atoms with van der Waals surface area (Å²) in [7, 11) is 2.04. The molecule has 0 saturated carbocycles. The van der Waals surface area contributed by atoms with Crippen LogP contribution in [0.4, 0.5) is 13.2 Å². The predicted molar refractivity (Wildman–Crippen MR) is 103 cm³/mol. The van der Waals surface area contributed by atoms with Gasteiger partial charge in [-0.25, -0.2) is 9.97 Å². The number of likely N-dealkylation sites (N-methyl/N-ethyl adjacent to an activating group) is 1. The molecule has 1 atom stereocenters. The number of aromatic nitrogens is 2. The van der Waals surface area contributed by atoms with E-state index in [4.69, 9.17) is 4.74 Å². The van der Waals surface area contributed by atoms with E-state index >= 15 is 0 Å². The topological polar surface area (TPSA) is 61.7 Å². The van der Waals surface area contributed by atoms with Crippen LogP contribution < -0.4 is 4.74 Å². The lowest BCUT2D eigenvalue weighted by molar-refractivity contribution is -0.137. The Balaban J connectivity index is 1.70. The summed E-state index contributed by atoms with van der Waals surface area (Å²) in [5.74, 6) is 0.581. The van der Waals surface area contributed by atoms with Gasteiger partial charge in [0, 0.05) is 50.7 Å². The number of piperazine rings is 1. The fourth-order valence-electron chi connectivity index (χ4n) is 3.13. The van der Waals surface area contributed by atoms with E-state index in [1.807, 2.05) is 7.05 Å². The molecule has 1 N–H and O–H groups in total. The number of ether oxygens (including phenoxy) is 1. The van der Waals surface area contributed by atoms with E-state index in [9.17, 15) is 18.3 Å². The molecular weight excluding hydrogens is 385 g/mol. The average molecular weight is 410 g/mol. The van der Waals surface area contributed by atoms with Crippen LogP contribution in [-0.2, 0) is 6.18 Å². The van der Waals surface area contributed by atoms with E-state index in [2.05, 4.69) is 19.8 Å². The van der Waals surface area contributed by atoms with Crippen LogP contribution in [-0.4, -0.2) is 77.4 Å². The number of aliphatic hydroxyl groups is 1. The highest BCUT2D eigenvalue weighted by atomic mass is 19.4. The van der Waals surface area contributed by atoms with Gasteiger partial charge in [0.15, 0.2) is 0 Å². The summed E-state index contributed by atoms with van der Waals surface area (Å²) < 4.78 is 45.5. The van der Waals surface area contributed by atoms with Gasteiger partial charge in [0.25, 0.3) is 0 Å². The van der Waals surface area contributed by atoms with Gasteiger partial charge in [0.2, 0.25) is 0 Å². The van der Waals surface area contributed by atoms with E-state index < -0.39 is 17.8 Å². The quantitative estimate of drug-likeness (QED) is 0.790. The molecule has 2 heterocycles. The number of aliphatic hydroxyl groups excluding tert-OH is 1. The molecule has 1 fully saturated rings. The van der Waals surface area contributed by atoms with Crippen LogP contribution in [0, 0.1) is 6.92 Å². The molecule has 1 unspecified atom stereocenters. The fraction of sp³-hybridized carbons (Fsp3) is 0.500. The average Bonchev–Trinajstić information content (AvgIpc) is 2.68. The van der Waals surface area contributed by atoms with Crippen molar-refractivity contribution in [1.82, 2.24) is 19.8 Å². The molecule has 29 heavy (non-hydrogen) atoms. The predicted octanol–water partition coefficient (Wildman–Crippen LogP) is 2.46. The Morgan fingerprint density at radius 3 is 2.34 bits per heavy atom. The zero-order valence-electron chi connectivity index (χ0n) is 16.5. The number of hydrogen-bond donors (Lipinski definition) is 1. The van der Waals surface area contributed by atoms with Gasteiger partial charge in [0.1, 0.15) is 24.3 Å². The van der Waals surface area contributed by atoms with Gasteiger partial charge < -0.3 is 14.7 Å². The largest absolute Gasteiger partial charge is 0.491 e. The highest BCUT2D eigenvalue weighted by Crippen LogP contribution is 2.35. The van der Waals surface area contributed by atoms with Gasteiger partial charge in [-0.1, -0.05) is 0 Å². The molecule has 1 aromatic heterocycles. The van der Waals surface area contributed by atoms with Crippen molar-refractivity contribution in [2.45, 2.75) is 19.2 Å². The van der Waals surface area contributed by atoms with E-state index in [1.165, 1.54) is 18.5 Å². The van der Waals surface area contributed by atoms with Gasteiger partial charge >= 0.3 is 6.18 Å². The van der Waals surface area contributed by atoms with Crippen molar-refractivity contribution in [2.24, 2.45) is 0 Å². The van der Waals surface area contributed by atoms with Gasteiger partial charge in [-0.2, -0.15) is 13.2 Å². The molecule has 158 valence electrons. The summed E-state index contributed by atoms with van der Waals surface area (Å²) in [6.07, 6.45) is -2.36. The molecule has 0 amide bonds. The first-order chi connectivity index (χ1) is 13.7. The Labute approximate surface area is 167 Å². The van der Waals surface area contributed by atoms with E-state index in [0.29, 0.717) is 23.5 Å². The van der Waals surface area contributed by atoms with Gasteiger partial charge in [-0.3, -0.25) is 4.90 Å². The molecule has 0 spiro atoms. The molecule has 1 saturated heterocycles. The first-order valence-electron chi connectivity index (χ1n) is 9.44. The van der Waals surface area contributed by atoms with E-state index in [1.54, 1.807) is 6.92 Å². The molecule has 3 rings (SSSR count). The first kappa shape index (κ1) is 21.5. The number of nitrogens with zero attached hydrogens (tertiary/aromatic N) is 4. The molecule has 1 aliphatic heterocycles. The summed E-state index contributed by atoms with van der Waals surface area (Å²) in [6.45, 7) is 5.56. The summed E-state index contributed by atoms with van der Waals surface area (Å²) in [6, 6.07) is 3.49. The number of aryl methyl sites for hydroxylation is 1. The summed E-state index contributed by atoms with van der Waals surface area (Å²) in [5, 5.41) is 10.3. The zero-order chi connectivity index (χ0) is 21.0. The monoisotopic (exact) mass is 410 g/mol. The van der Waals surface area contributed by atoms with E-state index in [-0.39, 0.29) is 12.4 Å². The van der Waals surface area contributed by atoms with Crippen molar-refractivity contribution < 1.29 is 23.0 Å². The number of alkyl halides is 3. The standard InChI is InChI=1S/C20H25F3N4O2/c1-14-24-10-16(11-25-14)15-7-17(20(21,22)23)9-19(8-15)29-13-18(28)12-27-5-3-26(2)4-6-27/h7-11,18,28H,3-6,12-13H2,1-2H3. The minimum Gasteiger partial charge on any atom is -0.491 e. The second-order valence-corrected chi connectivity index (χ2v) is 7.33. The van der Waals surface area contributed by atoms with Crippen LogP contribution in [0.15, 0.2) is 30.6 Å². The highest BCUT2D eigenvalue weighted by molar-refractivity contribution is 5.65. The molecule has 2 aromatic rings. The third-order valence-electron chi connectivity index (χ3n) is 4.86. The van der Waals surface area contributed by atoms with Crippen LogP contribution in [0.5, 0.6) is 5.75 Å². The lowest BCUT2D eigenvalue weighted by Gasteiger charge is -2.33. The number of β-amino-alcohol motifs (C(OH)–C–C–N with tert-alkyl or cyclic N) is 1. The van der Waals surface area contributed by atoms with Gasteiger partial charge in [-0.05, 0) is 37.7 Å². The lowest BCUT2D eigenvalue weighted by atomic mass is 10.0. The van der Waals surface area contributed by atoms with Crippen LogP contribution in [0.2, 0.25) is 0 Å². The lowest BCUT2D eigenvalue weighted by Crippen LogP contribution is -2.47. The smallest absolute Gasteiger partial charge is 0.416 e. The number of hydrogen-bond acceptors (Lipinski definition) is 6. The maximum atomic E-state index is 13.3. The Kier molecular flexibility index (Phi) is 6.71. The fourth-order valence-corrected chi connectivity index (χ4v) is 3.13. The van der Waals surface area contributed by atoms with Gasteiger partial charge in [-0.15, -0.1) is 0 Å². The molecule has 0 radical (unpaired) electrons. The Morgan fingerprint density at radius 2 is 1.72 bits per heavy atom. The van der Waals surface area contributed by atoms with Crippen LogP contribution in [0.1, 0.15) is 11.4 Å². The third kappa shape index (κ3) is 6.12. The maximum Gasteiger partial charge on any atom is 0.416 e. The SMILES string of the molecule is Cc1ncc(-c2cc(OCC(O)CN3CCN(C)CC3)cc(C(F)(F)F)c2)cn1. The van der Waals surface area contributed by atoms with Crippen LogP contribution in [0.3, 0.4) is 0 Å². The van der Waals surface area contributed by atoms with Crippen molar-refractivity contribution in [3.63, 3.8) is 0 Å². The Morgan fingerprint density at radius 1 is 1.07 bits per heavy atom. The number of halogens is 3. The minimum atomic E-state index is -4.52. The summed E-state index contributed by atoms with van der Waals surface area (Å²) in [4.78, 5) is 12.4. The molecule has 0 bridgehead atoms. The van der Waals surface area contributed by atoms with Crippen LogP contribution in [0.25, 0.3) is 11.1 Å². The molecule has 0 aliphatic carbocycles. The summed E-state index contributed by atoms with van der Waals surface area (Å²) >= 11 is 0. The zero-order valence-corrected chi connectivity index (χ0v) is 16.5. The van der Waals surface area contributed by atoms with Crippen molar-refractivity contribution in [3.8, 4) is 16.9 Å². The molecule has 1 aliphatic rings. The van der Waals surface area contributed by atoms with Crippen molar-refractivity contribution in [2.75, 3.05) is 46.4 Å². The number of rotatable bonds is 6. The Hall–Kier alpha value is -2.23. The summed E-state index contributed by atoms with van der Waals surface area (Å²) in [5.41, 5.74) is -0.0490. The molecule has 6 nitrogen and oxygen atoms in total. The maximum absolute atomic E-state index is 13.3. The second-order valence-electron chi connectivity index (χ2n) is 7.33. The van der Waals surface area contributed by atoms with E-state index in [0.717, 1.165) is 38.3 Å². The normalized spacial score (nSPS) is 17.3. The Bertz CT molecular complexity index is 806. The molecule has 9 heteroatoms.